The Balaban J connectivity index is 1.26. The quantitative estimate of drug-likeness (QED) is 0.192. The topological polar surface area (TPSA) is 68.3 Å². The second kappa shape index (κ2) is 11.5. The molecule has 0 aliphatic rings. The third kappa shape index (κ3) is 6.56. The molecule has 0 bridgehead atoms. The third-order valence-electron chi connectivity index (χ3n) is 4.89. The molecule has 0 radical (unpaired) electrons. The minimum absolute atomic E-state index is 0.135. The molecule has 34 heavy (non-hydrogen) atoms. The number of thioether (sulfide) groups is 1. The Bertz CT molecular complexity index is 1290. The van der Waals surface area contributed by atoms with Crippen LogP contribution in [0.2, 0.25) is 0 Å². The van der Waals surface area contributed by atoms with Crippen LogP contribution in [0.3, 0.4) is 0 Å². The number of hydrogen-bond donors (Lipinski definition) is 1. The van der Waals surface area contributed by atoms with Crippen molar-refractivity contribution >= 4 is 56.0 Å². The minimum atomic E-state index is -0.444. The van der Waals surface area contributed by atoms with Crippen LogP contribution in [-0.2, 0) is 14.3 Å². The van der Waals surface area contributed by atoms with E-state index in [4.69, 9.17) is 4.74 Å². The summed E-state index contributed by atoms with van der Waals surface area (Å²) in [6.07, 6.45) is 0. The predicted octanol–water partition coefficient (Wildman–Crippen LogP) is 6.82. The number of anilines is 1. The average Bonchev–Trinajstić information content (AvgIpc) is 3.31. The van der Waals surface area contributed by atoms with Crippen molar-refractivity contribution in [2.24, 2.45) is 0 Å². The van der Waals surface area contributed by atoms with Crippen molar-refractivity contribution in [2.45, 2.75) is 11.8 Å². The molecule has 4 aromatic rings. The van der Waals surface area contributed by atoms with Crippen molar-refractivity contribution in [2.75, 3.05) is 17.7 Å². The molecule has 0 aliphatic carbocycles. The molecule has 1 N–H and O–H groups in total. The number of carbonyl (C=O) groups is 2. The maximum Gasteiger partial charge on any atom is 0.316 e. The molecule has 0 saturated carbocycles. The van der Waals surface area contributed by atoms with Gasteiger partial charge < -0.3 is 4.74 Å². The number of aryl methyl sites for hydroxylation is 1. The number of thiazole rings is 1. The molecule has 0 aliphatic heterocycles. The van der Waals surface area contributed by atoms with Crippen molar-refractivity contribution in [3.05, 3.63) is 88.2 Å². The molecule has 1 amide bonds. The fourth-order valence-electron chi connectivity index (χ4n) is 3.18. The summed E-state index contributed by atoms with van der Waals surface area (Å²) in [5.74, 6) is -0.727. The summed E-state index contributed by atoms with van der Waals surface area (Å²) in [6.45, 7) is 1.63. The van der Waals surface area contributed by atoms with E-state index in [2.05, 4.69) is 50.5 Å². The molecular formula is C26H21BrN2O3S2. The number of aromatic nitrogens is 1. The Labute approximate surface area is 214 Å². The number of halogens is 1. The van der Waals surface area contributed by atoms with Gasteiger partial charge in [0.1, 0.15) is 0 Å². The lowest BCUT2D eigenvalue weighted by molar-refractivity contribution is -0.144. The van der Waals surface area contributed by atoms with E-state index in [1.54, 1.807) is 0 Å². The molecule has 0 atom stereocenters. The van der Waals surface area contributed by atoms with Crippen LogP contribution < -0.4 is 5.32 Å². The molecule has 1 aromatic heterocycles. The Morgan fingerprint density at radius 3 is 2.44 bits per heavy atom. The number of ether oxygens (including phenoxy) is 1. The zero-order chi connectivity index (χ0) is 23.9. The number of rotatable bonds is 8. The predicted molar refractivity (Wildman–Crippen MR) is 142 cm³/mol. The lowest BCUT2D eigenvalue weighted by Crippen LogP contribution is -2.21. The molecule has 0 spiro atoms. The van der Waals surface area contributed by atoms with Crippen molar-refractivity contribution in [3.63, 3.8) is 0 Å². The van der Waals surface area contributed by atoms with Crippen LogP contribution in [0.25, 0.3) is 22.4 Å². The smallest absolute Gasteiger partial charge is 0.316 e. The summed E-state index contributed by atoms with van der Waals surface area (Å²) in [5, 5.41) is 5.04. The van der Waals surface area contributed by atoms with Gasteiger partial charge in [-0.15, -0.1) is 23.1 Å². The molecule has 1 heterocycles. The van der Waals surface area contributed by atoms with Gasteiger partial charge in [-0.3, -0.25) is 14.9 Å². The first-order valence-corrected chi connectivity index (χ1v) is 13.1. The summed E-state index contributed by atoms with van der Waals surface area (Å²) in [6, 6.07) is 24.1. The lowest BCUT2D eigenvalue weighted by Gasteiger charge is -2.07. The van der Waals surface area contributed by atoms with Gasteiger partial charge in [-0.05, 0) is 41.8 Å². The van der Waals surface area contributed by atoms with Gasteiger partial charge in [-0.2, -0.15) is 0 Å². The molecule has 3 aromatic carbocycles. The van der Waals surface area contributed by atoms with Gasteiger partial charge in [0.25, 0.3) is 5.91 Å². The molecule has 5 nitrogen and oxygen atoms in total. The fraction of sp³-hybridized carbons (Fsp3) is 0.115. The van der Waals surface area contributed by atoms with Crippen LogP contribution >= 0.6 is 39.0 Å². The number of nitrogens with zero attached hydrogens (tertiary/aromatic N) is 1. The number of carbonyl (C=O) groups excluding carboxylic acids is 2. The highest BCUT2D eigenvalue weighted by Crippen LogP contribution is 2.28. The second-order valence-corrected chi connectivity index (χ2v) is 10.2. The van der Waals surface area contributed by atoms with Crippen LogP contribution in [0, 0.1) is 6.92 Å². The van der Waals surface area contributed by atoms with E-state index >= 15 is 0 Å². The Hall–Kier alpha value is -2.94. The summed E-state index contributed by atoms with van der Waals surface area (Å²) >= 11 is 6.13. The monoisotopic (exact) mass is 552 g/mol. The average molecular weight is 554 g/mol. The van der Waals surface area contributed by atoms with Gasteiger partial charge in [0.15, 0.2) is 11.7 Å². The minimum Gasteiger partial charge on any atom is -0.455 e. The van der Waals surface area contributed by atoms with Crippen molar-refractivity contribution in [1.82, 2.24) is 4.98 Å². The van der Waals surface area contributed by atoms with Gasteiger partial charge in [-0.25, -0.2) is 4.98 Å². The van der Waals surface area contributed by atoms with Gasteiger partial charge in [0.2, 0.25) is 0 Å². The first kappa shape index (κ1) is 24.2. The fourth-order valence-corrected chi connectivity index (χ4v) is 5.20. The molecule has 4 rings (SSSR count). The largest absolute Gasteiger partial charge is 0.455 e. The number of esters is 1. The Morgan fingerprint density at radius 2 is 1.71 bits per heavy atom. The second-order valence-electron chi connectivity index (χ2n) is 7.39. The third-order valence-corrected chi connectivity index (χ3v) is 7.29. The van der Waals surface area contributed by atoms with E-state index in [1.807, 2.05) is 60.8 Å². The highest BCUT2D eigenvalue weighted by atomic mass is 79.9. The van der Waals surface area contributed by atoms with Gasteiger partial charge in [0.05, 0.1) is 11.4 Å². The summed E-state index contributed by atoms with van der Waals surface area (Å²) in [7, 11) is 0. The normalized spacial score (nSPS) is 10.6. The Morgan fingerprint density at radius 1 is 1.00 bits per heavy atom. The molecule has 0 unspecified atom stereocenters. The number of amides is 1. The van der Waals surface area contributed by atoms with E-state index in [9.17, 15) is 9.59 Å². The van der Waals surface area contributed by atoms with Gasteiger partial charge >= 0.3 is 5.97 Å². The molecular weight excluding hydrogens is 532 g/mol. The van der Waals surface area contributed by atoms with Crippen LogP contribution in [0.15, 0.2) is 87.5 Å². The lowest BCUT2D eigenvalue weighted by atomic mass is 10.0. The zero-order valence-electron chi connectivity index (χ0n) is 18.3. The van der Waals surface area contributed by atoms with Crippen molar-refractivity contribution in [3.8, 4) is 22.4 Å². The van der Waals surface area contributed by atoms with Crippen LogP contribution in [0.4, 0.5) is 5.13 Å². The zero-order valence-corrected chi connectivity index (χ0v) is 21.5. The van der Waals surface area contributed by atoms with Crippen molar-refractivity contribution < 1.29 is 14.3 Å². The van der Waals surface area contributed by atoms with E-state index in [0.29, 0.717) is 5.13 Å². The highest BCUT2D eigenvalue weighted by Gasteiger charge is 2.12. The van der Waals surface area contributed by atoms with E-state index in [1.165, 1.54) is 23.1 Å². The summed E-state index contributed by atoms with van der Waals surface area (Å²) in [4.78, 5) is 29.7. The van der Waals surface area contributed by atoms with E-state index in [0.717, 1.165) is 37.3 Å². The van der Waals surface area contributed by atoms with Crippen molar-refractivity contribution in [1.29, 1.82) is 0 Å². The highest BCUT2D eigenvalue weighted by molar-refractivity contribution is 9.10. The van der Waals surface area contributed by atoms with E-state index in [-0.39, 0.29) is 12.4 Å². The van der Waals surface area contributed by atoms with Crippen LogP contribution in [0.1, 0.15) is 5.56 Å². The standard InChI is InChI=1S/C26H21BrN2O3S2/c1-17-13-21(27)11-12-23(17)33-16-25(31)32-14-24(30)29-26-28-22(15-34-26)20-9-7-19(8-10-20)18-5-3-2-4-6-18/h2-13,15H,14,16H2,1H3,(H,28,29,30). The molecule has 8 heteroatoms. The van der Waals surface area contributed by atoms with Gasteiger partial charge in [0, 0.05) is 20.3 Å². The first-order chi connectivity index (χ1) is 16.5. The number of nitrogens with one attached hydrogen (secondary N) is 1. The Kier molecular flexibility index (Phi) is 8.16. The number of hydrogen-bond acceptors (Lipinski definition) is 6. The number of benzene rings is 3. The maximum atomic E-state index is 12.2. The van der Waals surface area contributed by atoms with E-state index < -0.39 is 11.9 Å². The summed E-state index contributed by atoms with van der Waals surface area (Å²) in [5.41, 5.74) is 5.09. The summed E-state index contributed by atoms with van der Waals surface area (Å²) < 4.78 is 6.09. The van der Waals surface area contributed by atoms with Crippen LogP contribution in [-0.4, -0.2) is 29.2 Å². The van der Waals surface area contributed by atoms with Crippen LogP contribution in [0.5, 0.6) is 0 Å². The van der Waals surface area contributed by atoms with Gasteiger partial charge in [-0.1, -0.05) is 70.5 Å². The molecule has 0 saturated heterocycles. The molecule has 172 valence electrons. The molecule has 0 fully saturated rings. The first-order valence-electron chi connectivity index (χ1n) is 10.4. The maximum absolute atomic E-state index is 12.2. The SMILES string of the molecule is Cc1cc(Br)ccc1SCC(=O)OCC(=O)Nc1nc(-c2ccc(-c3ccccc3)cc2)cs1.